The number of halogens is 1. The fourth-order valence-electron chi connectivity index (χ4n) is 2.56. The summed E-state index contributed by atoms with van der Waals surface area (Å²) in [5.41, 5.74) is -1.40. The van der Waals surface area contributed by atoms with Crippen LogP contribution in [0.15, 0.2) is 29.2 Å². The van der Waals surface area contributed by atoms with Gasteiger partial charge in [0.2, 0.25) is 10.0 Å². The minimum absolute atomic E-state index is 0.0834. The van der Waals surface area contributed by atoms with E-state index in [0.717, 1.165) is 28.6 Å². The van der Waals surface area contributed by atoms with Gasteiger partial charge in [-0.05, 0) is 44.0 Å². The average Bonchev–Trinajstić information content (AvgIpc) is 2.85. The van der Waals surface area contributed by atoms with Gasteiger partial charge in [-0.3, -0.25) is 4.79 Å². The number of carbonyl (C=O) groups excluding carboxylic acids is 1. The van der Waals surface area contributed by atoms with E-state index in [9.17, 15) is 22.7 Å². The molecule has 0 amide bonds. The van der Waals surface area contributed by atoms with Crippen LogP contribution in [-0.2, 0) is 14.8 Å². The molecule has 2 rings (SSSR count). The highest BCUT2D eigenvalue weighted by atomic mass is 32.2. The topological polar surface area (TPSA) is 74.7 Å². The Hall–Kier alpha value is -1.31. The molecular formula is C13H16FNO4S. The highest BCUT2D eigenvalue weighted by Gasteiger charge is 2.50. The Balaban J connectivity index is 2.48. The molecule has 0 bridgehead atoms. The van der Waals surface area contributed by atoms with Gasteiger partial charge in [-0.25, -0.2) is 12.8 Å². The first-order valence-electron chi connectivity index (χ1n) is 6.25. The predicted octanol–water partition coefficient (Wildman–Crippen LogP) is 0.930. The van der Waals surface area contributed by atoms with Gasteiger partial charge < -0.3 is 5.11 Å². The second kappa shape index (κ2) is 5.23. The van der Waals surface area contributed by atoms with Crippen molar-refractivity contribution in [1.29, 1.82) is 0 Å². The molecule has 0 saturated carbocycles. The fraction of sp³-hybridized carbons (Fsp3) is 0.462. The lowest BCUT2D eigenvalue weighted by Gasteiger charge is -2.33. The summed E-state index contributed by atoms with van der Waals surface area (Å²) >= 11 is 0. The van der Waals surface area contributed by atoms with Gasteiger partial charge in [0.15, 0.2) is 5.78 Å². The molecule has 1 aromatic rings. The maximum atomic E-state index is 12.9. The molecule has 1 N–H and O–H groups in total. The summed E-state index contributed by atoms with van der Waals surface area (Å²) in [4.78, 5) is 11.7. The molecule has 7 heteroatoms. The van der Waals surface area contributed by atoms with Crippen molar-refractivity contribution in [3.8, 4) is 0 Å². The van der Waals surface area contributed by atoms with Crippen LogP contribution in [0.4, 0.5) is 4.39 Å². The number of nitrogens with zero attached hydrogens (tertiary/aromatic N) is 1. The highest BCUT2D eigenvalue weighted by molar-refractivity contribution is 7.89. The van der Waals surface area contributed by atoms with E-state index >= 15 is 0 Å². The first kappa shape index (κ1) is 15.1. The van der Waals surface area contributed by atoms with Crippen LogP contribution in [0.25, 0.3) is 0 Å². The molecular weight excluding hydrogens is 285 g/mol. The molecule has 110 valence electrons. The molecule has 1 aliphatic rings. The van der Waals surface area contributed by atoms with Crippen LogP contribution >= 0.6 is 0 Å². The predicted molar refractivity (Wildman–Crippen MR) is 70.0 cm³/mol. The highest BCUT2D eigenvalue weighted by Crippen LogP contribution is 2.35. The van der Waals surface area contributed by atoms with Crippen molar-refractivity contribution in [3.05, 3.63) is 30.1 Å². The third-order valence-corrected chi connectivity index (χ3v) is 5.73. The molecule has 0 radical (unpaired) electrons. The molecule has 1 aliphatic heterocycles. The summed E-state index contributed by atoms with van der Waals surface area (Å²) in [6.45, 7) is 0.886. The largest absolute Gasteiger partial charge is 0.394 e. The normalized spacial score (nSPS) is 23.9. The van der Waals surface area contributed by atoms with Crippen molar-refractivity contribution in [2.45, 2.75) is 30.2 Å². The number of ketones is 1. The molecule has 1 atom stereocenters. The molecule has 5 nitrogen and oxygen atoms in total. The Labute approximate surface area is 117 Å². The molecule has 1 aromatic carbocycles. The van der Waals surface area contributed by atoms with Gasteiger partial charge in [0.25, 0.3) is 0 Å². The number of benzene rings is 1. The van der Waals surface area contributed by atoms with Crippen molar-refractivity contribution in [1.82, 2.24) is 4.31 Å². The number of sulfonamides is 1. The molecule has 0 spiro atoms. The summed E-state index contributed by atoms with van der Waals surface area (Å²) in [7, 11) is -3.93. The Kier molecular flexibility index (Phi) is 3.95. The van der Waals surface area contributed by atoms with Crippen molar-refractivity contribution in [3.63, 3.8) is 0 Å². The number of hydrogen-bond donors (Lipinski definition) is 1. The quantitative estimate of drug-likeness (QED) is 0.898. The Morgan fingerprint density at radius 2 is 2.00 bits per heavy atom. The van der Waals surface area contributed by atoms with Crippen molar-refractivity contribution in [2.24, 2.45) is 0 Å². The van der Waals surface area contributed by atoms with Crippen LogP contribution in [-0.4, -0.2) is 42.3 Å². The average molecular weight is 301 g/mol. The van der Waals surface area contributed by atoms with Crippen LogP contribution in [0, 0.1) is 5.82 Å². The number of rotatable bonds is 4. The second-order valence-electron chi connectivity index (χ2n) is 4.88. The molecule has 0 aliphatic carbocycles. The fourth-order valence-corrected chi connectivity index (χ4v) is 4.40. The lowest BCUT2D eigenvalue weighted by Crippen LogP contribution is -2.54. The van der Waals surface area contributed by atoms with Crippen molar-refractivity contribution in [2.75, 3.05) is 13.2 Å². The summed E-state index contributed by atoms with van der Waals surface area (Å²) in [6, 6.07) is 4.42. The van der Waals surface area contributed by atoms with Gasteiger partial charge in [0.05, 0.1) is 11.5 Å². The van der Waals surface area contributed by atoms with E-state index in [-0.39, 0.29) is 17.2 Å². The van der Waals surface area contributed by atoms with Crippen LogP contribution in [0.5, 0.6) is 0 Å². The summed E-state index contributed by atoms with van der Waals surface area (Å²) in [6.07, 6.45) is 0.791. The van der Waals surface area contributed by atoms with Gasteiger partial charge in [-0.2, -0.15) is 4.31 Å². The van der Waals surface area contributed by atoms with Gasteiger partial charge in [0.1, 0.15) is 11.4 Å². The van der Waals surface area contributed by atoms with Crippen LogP contribution in [0.3, 0.4) is 0 Å². The number of aliphatic hydroxyl groups excluding tert-OH is 1. The lowest BCUT2D eigenvalue weighted by atomic mass is 9.94. The first-order chi connectivity index (χ1) is 9.34. The summed E-state index contributed by atoms with van der Waals surface area (Å²) in [5.74, 6) is -0.923. The minimum atomic E-state index is -3.93. The summed E-state index contributed by atoms with van der Waals surface area (Å²) < 4.78 is 39.1. The number of carbonyl (C=O) groups is 1. The van der Waals surface area contributed by atoms with Crippen LogP contribution in [0.2, 0.25) is 0 Å². The van der Waals surface area contributed by atoms with Crippen molar-refractivity contribution >= 4 is 15.8 Å². The van der Waals surface area contributed by atoms with Gasteiger partial charge >= 0.3 is 0 Å². The molecule has 0 unspecified atom stereocenters. The van der Waals surface area contributed by atoms with E-state index < -0.39 is 28.0 Å². The lowest BCUT2D eigenvalue weighted by molar-refractivity contribution is -0.127. The Morgan fingerprint density at radius 1 is 1.40 bits per heavy atom. The minimum Gasteiger partial charge on any atom is -0.394 e. The van der Waals surface area contributed by atoms with Gasteiger partial charge in [0, 0.05) is 6.54 Å². The smallest absolute Gasteiger partial charge is 0.244 e. The van der Waals surface area contributed by atoms with Gasteiger partial charge in [-0.1, -0.05) is 0 Å². The Bertz CT molecular complexity index is 614. The third-order valence-electron chi connectivity index (χ3n) is 3.75. The summed E-state index contributed by atoms with van der Waals surface area (Å²) in [5, 5.41) is 9.52. The molecule has 0 aromatic heterocycles. The number of Topliss-reactive ketones (excluding diaryl/α,β-unsaturated/α-hetero) is 1. The van der Waals surface area contributed by atoms with Gasteiger partial charge in [-0.15, -0.1) is 0 Å². The van der Waals surface area contributed by atoms with Crippen LogP contribution in [0.1, 0.15) is 19.8 Å². The van der Waals surface area contributed by atoms with E-state index in [4.69, 9.17) is 0 Å². The van der Waals surface area contributed by atoms with Crippen molar-refractivity contribution < 1.29 is 22.7 Å². The molecule has 1 saturated heterocycles. The SMILES string of the molecule is CC(=O)[C@]1(CO)CCCN1S(=O)(=O)c1ccc(F)cc1. The number of hydrogen-bond acceptors (Lipinski definition) is 4. The zero-order chi connectivity index (χ0) is 15.0. The molecule has 1 heterocycles. The van der Waals surface area contributed by atoms with E-state index in [1.54, 1.807) is 0 Å². The van der Waals surface area contributed by atoms with E-state index in [1.807, 2.05) is 0 Å². The Morgan fingerprint density at radius 3 is 2.50 bits per heavy atom. The molecule has 1 fully saturated rings. The third kappa shape index (κ3) is 2.25. The monoisotopic (exact) mass is 301 g/mol. The maximum absolute atomic E-state index is 12.9. The van der Waals surface area contributed by atoms with E-state index in [1.165, 1.54) is 6.92 Å². The van der Waals surface area contributed by atoms with Crippen LogP contribution < -0.4 is 0 Å². The zero-order valence-corrected chi connectivity index (χ0v) is 11.9. The standard InChI is InChI=1S/C13H16FNO4S/c1-10(17)13(9-16)7-2-8-15(13)20(18,19)12-5-3-11(14)4-6-12/h3-6,16H,2,7-9H2,1H3/t13-/m1/s1. The van der Waals surface area contributed by atoms with E-state index in [0.29, 0.717) is 12.8 Å². The maximum Gasteiger partial charge on any atom is 0.244 e. The first-order valence-corrected chi connectivity index (χ1v) is 7.69. The molecule has 20 heavy (non-hydrogen) atoms. The zero-order valence-electron chi connectivity index (χ0n) is 11.0. The number of aliphatic hydroxyl groups is 1. The van der Waals surface area contributed by atoms with E-state index in [2.05, 4.69) is 0 Å². The second-order valence-corrected chi connectivity index (χ2v) is 6.74.